The zero-order chi connectivity index (χ0) is 13.8. The summed E-state index contributed by atoms with van der Waals surface area (Å²) in [6.07, 6.45) is 1.56. The van der Waals surface area contributed by atoms with Gasteiger partial charge in [0.25, 0.3) is 0 Å². The maximum absolute atomic E-state index is 12.4. The van der Waals surface area contributed by atoms with Gasteiger partial charge in [-0.1, -0.05) is 18.2 Å². The lowest BCUT2D eigenvalue weighted by Gasteiger charge is -2.24. The maximum Gasteiger partial charge on any atom is 0.243 e. The van der Waals surface area contributed by atoms with Gasteiger partial charge in [0.1, 0.15) is 0 Å². The molecular weight excluding hydrogens is 250 g/mol. The molecule has 0 aliphatic heterocycles. The molecule has 5 heteroatoms. The van der Waals surface area contributed by atoms with Gasteiger partial charge in [-0.3, -0.25) is 0 Å². The van der Waals surface area contributed by atoms with Gasteiger partial charge < -0.3 is 5.11 Å². The Bertz CT molecular complexity index is 509. The minimum atomic E-state index is -3.54. The predicted molar refractivity (Wildman–Crippen MR) is 71.6 cm³/mol. The van der Waals surface area contributed by atoms with Crippen molar-refractivity contribution < 1.29 is 13.5 Å². The molecule has 1 aromatic rings. The molecule has 100 valence electrons. The third-order valence-electron chi connectivity index (χ3n) is 2.57. The zero-order valence-corrected chi connectivity index (χ0v) is 11.5. The Morgan fingerprint density at radius 2 is 2.11 bits per heavy atom. The Labute approximate surface area is 109 Å². The van der Waals surface area contributed by atoms with E-state index in [0.29, 0.717) is 5.56 Å². The summed E-state index contributed by atoms with van der Waals surface area (Å²) in [5.74, 6) is 0. The van der Waals surface area contributed by atoms with Crippen LogP contribution in [-0.2, 0) is 16.6 Å². The summed E-state index contributed by atoms with van der Waals surface area (Å²) < 4.78 is 26.2. The first kappa shape index (κ1) is 14.9. The van der Waals surface area contributed by atoms with E-state index in [1.165, 1.54) is 16.4 Å². The van der Waals surface area contributed by atoms with E-state index in [-0.39, 0.29) is 24.1 Å². The van der Waals surface area contributed by atoms with Crippen LogP contribution in [0.3, 0.4) is 0 Å². The molecule has 0 unspecified atom stereocenters. The van der Waals surface area contributed by atoms with E-state index in [2.05, 4.69) is 6.58 Å². The van der Waals surface area contributed by atoms with Gasteiger partial charge in [-0.2, -0.15) is 4.31 Å². The Morgan fingerprint density at radius 3 is 2.61 bits per heavy atom. The summed E-state index contributed by atoms with van der Waals surface area (Å²) in [5.41, 5.74) is 0.582. The standard InChI is InChI=1S/C13H19NO3S/c1-4-8-14(11(2)3)18(16,17)13-7-5-6-12(9-13)10-15/h4-7,9,11,15H,1,8,10H2,2-3H3. The number of hydrogen-bond acceptors (Lipinski definition) is 3. The van der Waals surface area contributed by atoms with Crippen LogP contribution in [0.2, 0.25) is 0 Å². The van der Waals surface area contributed by atoms with Crippen molar-refractivity contribution in [3.05, 3.63) is 42.5 Å². The van der Waals surface area contributed by atoms with Crippen molar-refractivity contribution in [2.75, 3.05) is 6.54 Å². The van der Waals surface area contributed by atoms with Gasteiger partial charge in [-0.05, 0) is 31.5 Å². The van der Waals surface area contributed by atoms with Crippen molar-refractivity contribution >= 4 is 10.0 Å². The van der Waals surface area contributed by atoms with Crippen LogP contribution < -0.4 is 0 Å². The molecule has 0 spiro atoms. The van der Waals surface area contributed by atoms with Crippen LogP contribution in [0.1, 0.15) is 19.4 Å². The van der Waals surface area contributed by atoms with E-state index in [9.17, 15) is 8.42 Å². The molecule has 1 aromatic carbocycles. The summed E-state index contributed by atoms with van der Waals surface area (Å²) >= 11 is 0. The van der Waals surface area contributed by atoms with E-state index in [4.69, 9.17) is 5.11 Å². The van der Waals surface area contributed by atoms with E-state index < -0.39 is 10.0 Å². The van der Waals surface area contributed by atoms with Gasteiger partial charge in [0.15, 0.2) is 0 Å². The molecule has 0 atom stereocenters. The number of aliphatic hydroxyl groups excluding tert-OH is 1. The Hall–Kier alpha value is -1.17. The highest BCUT2D eigenvalue weighted by Crippen LogP contribution is 2.19. The average molecular weight is 269 g/mol. The lowest BCUT2D eigenvalue weighted by molar-refractivity contribution is 0.281. The molecule has 0 saturated heterocycles. The van der Waals surface area contributed by atoms with Crippen molar-refractivity contribution in [2.45, 2.75) is 31.4 Å². The molecule has 0 radical (unpaired) electrons. The van der Waals surface area contributed by atoms with Crippen LogP contribution in [0.15, 0.2) is 41.8 Å². The van der Waals surface area contributed by atoms with Gasteiger partial charge >= 0.3 is 0 Å². The van der Waals surface area contributed by atoms with Gasteiger partial charge in [-0.15, -0.1) is 6.58 Å². The fourth-order valence-corrected chi connectivity index (χ4v) is 3.33. The summed E-state index contributed by atoms with van der Waals surface area (Å²) in [6, 6.07) is 6.20. The monoisotopic (exact) mass is 269 g/mol. The number of benzene rings is 1. The van der Waals surface area contributed by atoms with Crippen LogP contribution in [0.25, 0.3) is 0 Å². The number of sulfonamides is 1. The van der Waals surface area contributed by atoms with Crippen molar-refractivity contribution in [1.82, 2.24) is 4.31 Å². The predicted octanol–water partition coefficient (Wildman–Crippen LogP) is 1.76. The molecule has 0 aliphatic carbocycles. The van der Waals surface area contributed by atoms with E-state index in [1.807, 2.05) is 13.8 Å². The van der Waals surface area contributed by atoms with Crippen LogP contribution in [-0.4, -0.2) is 30.4 Å². The lowest BCUT2D eigenvalue weighted by Crippen LogP contribution is -2.37. The Morgan fingerprint density at radius 1 is 1.44 bits per heavy atom. The van der Waals surface area contributed by atoms with Gasteiger partial charge in [0.05, 0.1) is 11.5 Å². The summed E-state index contributed by atoms with van der Waals surface area (Å²) in [5, 5.41) is 9.05. The van der Waals surface area contributed by atoms with Crippen LogP contribution in [0.5, 0.6) is 0 Å². The molecule has 0 saturated carbocycles. The molecule has 4 nitrogen and oxygen atoms in total. The van der Waals surface area contributed by atoms with E-state index in [0.717, 1.165) is 0 Å². The molecule has 0 aromatic heterocycles. The number of hydrogen-bond donors (Lipinski definition) is 1. The molecule has 0 heterocycles. The Balaban J connectivity index is 3.21. The molecule has 1 N–H and O–H groups in total. The van der Waals surface area contributed by atoms with Gasteiger partial charge in [0.2, 0.25) is 10.0 Å². The highest BCUT2D eigenvalue weighted by molar-refractivity contribution is 7.89. The molecule has 0 aliphatic rings. The van der Waals surface area contributed by atoms with Crippen molar-refractivity contribution in [3.63, 3.8) is 0 Å². The second-order valence-electron chi connectivity index (χ2n) is 4.26. The molecule has 1 rings (SSSR count). The minimum Gasteiger partial charge on any atom is -0.392 e. The summed E-state index contributed by atoms with van der Waals surface area (Å²) in [6.45, 7) is 7.30. The van der Waals surface area contributed by atoms with Gasteiger partial charge in [-0.25, -0.2) is 8.42 Å². The first-order valence-corrected chi connectivity index (χ1v) is 7.20. The third kappa shape index (κ3) is 3.19. The van der Waals surface area contributed by atoms with Gasteiger partial charge in [0, 0.05) is 12.6 Å². The fraction of sp³-hybridized carbons (Fsp3) is 0.385. The van der Waals surface area contributed by atoms with Crippen molar-refractivity contribution in [3.8, 4) is 0 Å². The van der Waals surface area contributed by atoms with Crippen molar-refractivity contribution in [2.24, 2.45) is 0 Å². The van der Waals surface area contributed by atoms with Crippen LogP contribution in [0.4, 0.5) is 0 Å². The van der Waals surface area contributed by atoms with E-state index >= 15 is 0 Å². The second kappa shape index (κ2) is 6.13. The fourth-order valence-electron chi connectivity index (χ4n) is 1.65. The maximum atomic E-state index is 12.4. The molecule has 0 bridgehead atoms. The number of nitrogens with zero attached hydrogens (tertiary/aromatic N) is 1. The van der Waals surface area contributed by atoms with E-state index in [1.54, 1.807) is 18.2 Å². The third-order valence-corrected chi connectivity index (χ3v) is 4.61. The summed E-state index contributed by atoms with van der Waals surface area (Å²) in [7, 11) is -3.54. The molecule has 0 fully saturated rings. The largest absolute Gasteiger partial charge is 0.392 e. The molecular formula is C13H19NO3S. The normalized spacial score (nSPS) is 12.1. The first-order chi connectivity index (χ1) is 8.43. The van der Waals surface area contributed by atoms with Crippen LogP contribution >= 0.6 is 0 Å². The quantitative estimate of drug-likeness (QED) is 0.801. The van der Waals surface area contributed by atoms with Crippen LogP contribution in [0, 0.1) is 0 Å². The number of aliphatic hydroxyl groups is 1. The first-order valence-electron chi connectivity index (χ1n) is 5.76. The minimum absolute atomic E-state index is 0.147. The molecule has 0 amide bonds. The lowest BCUT2D eigenvalue weighted by atomic mass is 10.2. The average Bonchev–Trinajstić information content (AvgIpc) is 2.35. The number of rotatable bonds is 6. The molecule has 18 heavy (non-hydrogen) atoms. The zero-order valence-electron chi connectivity index (χ0n) is 10.7. The smallest absolute Gasteiger partial charge is 0.243 e. The highest BCUT2D eigenvalue weighted by atomic mass is 32.2. The van der Waals surface area contributed by atoms with Crippen molar-refractivity contribution in [1.29, 1.82) is 0 Å². The SMILES string of the molecule is C=CCN(C(C)C)S(=O)(=O)c1cccc(CO)c1. The highest BCUT2D eigenvalue weighted by Gasteiger charge is 2.25. The Kier molecular flexibility index (Phi) is 5.07. The topological polar surface area (TPSA) is 57.6 Å². The second-order valence-corrected chi connectivity index (χ2v) is 6.15. The summed E-state index contributed by atoms with van der Waals surface area (Å²) in [4.78, 5) is 0.199.